The van der Waals surface area contributed by atoms with Crippen molar-refractivity contribution in [3.05, 3.63) is 41.0 Å². The molecule has 13 heavy (non-hydrogen) atoms. The van der Waals surface area contributed by atoms with E-state index in [4.69, 9.17) is 4.74 Å². The number of benzene rings is 1. The van der Waals surface area contributed by atoms with Gasteiger partial charge in [0.25, 0.3) is 0 Å². The van der Waals surface area contributed by atoms with E-state index >= 15 is 0 Å². The summed E-state index contributed by atoms with van der Waals surface area (Å²) >= 11 is 0. The summed E-state index contributed by atoms with van der Waals surface area (Å²) in [6.07, 6.45) is 7.28. The van der Waals surface area contributed by atoms with Gasteiger partial charge in [-0.25, -0.2) is 0 Å². The van der Waals surface area contributed by atoms with Crippen LogP contribution in [0.3, 0.4) is 0 Å². The zero-order chi connectivity index (χ0) is 8.67. The Morgan fingerprint density at radius 3 is 2.92 bits per heavy atom. The molecule has 1 saturated heterocycles. The molecular weight excluding hydrogens is 160 g/mol. The van der Waals surface area contributed by atoms with Gasteiger partial charge in [-0.3, -0.25) is 0 Å². The van der Waals surface area contributed by atoms with E-state index in [0.29, 0.717) is 6.10 Å². The van der Waals surface area contributed by atoms with Crippen molar-refractivity contribution < 1.29 is 4.74 Å². The molecular formula is C12H12O. The van der Waals surface area contributed by atoms with E-state index in [1.807, 2.05) is 0 Å². The first-order chi connectivity index (χ1) is 6.43. The molecule has 1 fully saturated rings. The van der Waals surface area contributed by atoms with Crippen LogP contribution in [0.2, 0.25) is 0 Å². The van der Waals surface area contributed by atoms with Gasteiger partial charge in [0.05, 0.1) is 12.7 Å². The van der Waals surface area contributed by atoms with Crippen LogP contribution in [0.15, 0.2) is 24.3 Å². The zero-order valence-corrected chi connectivity index (χ0v) is 7.49. The average molecular weight is 172 g/mol. The highest BCUT2D eigenvalue weighted by Gasteiger charge is 2.19. The van der Waals surface area contributed by atoms with Crippen LogP contribution < -0.4 is 0 Å². The van der Waals surface area contributed by atoms with Gasteiger partial charge < -0.3 is 4.74 Å². The minimum Gasteiger partial charge on any atom is -0.369 e. The van der Waals surface area contributed by atoms with Crippen molar-refractivity contribution in [2.75, 3.05) is 6.61 Å². The standard InChI is InChI=1S/C12H12O/c1-2-9(4-6-11-8-13-11)12-7-5-10(12)3-1/h1-4,6,11H,5,7-8H2. The summed E-state index contributed by atoms with van der Waals surface area (Å²) in [6, 6.07) is 6.56. The number of aryl methyl sites for hydroxylation is 1. The summed E-state index contributed by atoms with van der Waals surface area (Å²) in [5.74, 6) is 0. The SMILES string of the molecule is C(=CC1CO1)c1cccc2c1CC2. The van der Waals surface area contributed by atoms with Crippen molar-refractivity contribution in [1.29, 1.82) is 0 Å². The van der Waals surface area contributed by atoms with Crippen molar-refractivity contribution in [2.45, 2.75) is 18.9 Å². The second kappa shape index (κ2) is 2.71. The Hall–Kier alpha value is -1.08. The molecule has 0 amide bonds. The average Bonchev–Trinajstić information content (AvgIpc) is 2.87. The number of hydrogen-bond acceptors (Lipinski definition) is 1. The summed E-state index contributed by atoms with van der Waals surface area (Å²) in [5, 5.41) is 0. The van der Waals surface area contributed by atoms with E-state index < -0.39 is 0 Å². The van der Waals surface area contributed by atoms with Crippen LogP contribution in [0.4, 0.5) is 0 Å². The normalized spacial score (nSPS) is 24.2. The van der Waals surface area contributed by atoms with Crippen LogP contribution in [0.5, 0.6) is 0 Å². The van der Waals surface area contributed by atoms with Crippen molar-refractivity contribution in [3.8, 4) is 0 Å². The minimum absolute atomic E-state index is 0.399. The van der Waals surface area contributed by atoms with Crippen molar-refractivity contribution >= 4 is 6.08 Å². The number of epoxide rings is 1. The molecule has 0 saturated carbocycles. The Balaban J connectivity index is 1.90. The van der Waals surface area contributed by atoms with Crippen molar-refractivity contribution in [3.63, 3.8) is 0 Å². The van der Waals surface area contributed by atoms with Gasteiger partial charge in [0.15, 0.2) is 0 Å². The highest BCUT2D eigenvalue weighted by atomic mass is 16.6. The topological polar surface area (TPSA) is 12.5 Å². The summed E-state index contributed by atoms with van der Waals surface area (Å²) < 4.78 is 5.13. The van der Waals surface area contributed by atoms with Crippen LogP contribution in [-0.2, 0) is 17.6 Å². The predicted molar refractivity (Wildman–Crippen MR) is 52.6 cm³/mol. The molecule has 1 aliphatic heterocycles. The van der Waals surface area contributed by atoms with Crippen LogP contribution in [-0.4, -0.2) is 12.7 Å². The first-order valence-corrected chi connectivity index (χ1v) is 4.84. The molecule has 0 radical (unpaired) electrons. The summed E-state index contributed by atoms with van der Waals surface area (Å²) in [5.41, 5.74) is 4.46. The summed E-state index contributed by atoms with van der Waals surface area (Å²) in [4.78, 5) is 0. The van der Waals surface area contributed by atoms with E-state index in [1.165, 1.54) is 24.0 Å². The van der Waals surface area contributed by atoms with Crippen LogP contribution in [0.1, 0.15) is 16.7 Å². The molecule has 1 aromatic rings. The monoisotopic (exact) mass is 172 g/mol. The highest BCUT2D eigenvalue weighted by Crippen LogP contribution is 2.27. The van der Waals surface area contributed by atoms with Crippen molar-refractivity contribution in [1.82, 2.24) is 0 Å². The Labute approximate surface area is 78.0 Å². The highest BCUT2D eigenvalue weighted by molar-refractivity contribution is 5.59. The third-order valence-electron chi connectivity index (χ3n) is 2.80. The lowest BCUT2D eigenvalue weighted by molar-refractivity contribution is 0.440. The van der Waals surface area contributed by atoms with Crippen LogP contribution >= 0.6 is 0 Å². The van der Waals surface area contributed by atoms with E-state index in [-0.39, 0.29) is 0 Å². The molecule has 2 aliphatic rings. The van der Waals surface area contributed by atoms with Gasteiger partial charge in [-0.05, 0) is 29.5 Å². The summed E-state index contributed by atoms with van der Waals surface area (Å²) in [7, 11) is 0. The molecule has 1 atom stereocenters. The van der Waals surface area contributed by atoms with E-state index in [0.717, 1.165) is 6.61 Å². The van der Waals surface area contributed by atoms with Crippen LogP contribution in [0.25, 0.3) is 6.08 Å². The number of rotatable bonds is 2. The maximum atomic E-state index is 5.13. The largest absolute Gasteiger partial charge is 0.369 e. The second-order valence-electron chi connectivity index (χ2n) is 3.72. The van der Waals surface area contributed by atoms with Gasteiger partial charge >= 0.3 is 0 Å². The lowest BCUT2D eigenvalue weighted by Gasteiger charge is -2.20. The fraction of sp³-hybridized carbons (Fsp3) is 0.333. The molecule has 1 unspecified atom stereocenters. The third-order valence-corrected chi connectivity index (χ3v) is 2.80. The van der Waals surface area contributed by atoms with Gasteiger partial charge in [-0.15, -0.1) is 0 Å². The molecule has 1 heteroatoms. The molecule has 3 rings (SSSR count). The van der Waals surface area contributed by atoms with Gasteiger partial charge in [0.1, 0.15) is 0 Å². The second-order valence-corrected chi connectivity index (χ2v) is 3.72. The zero-order valence-electron chi connectivity index (χ0n) is 7.49. The predicted octanol–water partition coefficient (Wildman–Crippen LogP) is 2.20. The molecule has 0 bridgehead atoms. The van der Waals surface area contributed by atoms with E-state index in [2.05, 4.69) is 30.4 Å². The maximum absolute atomic E-state index is 5.13. The molecule has 1 aromatic carbocycles. The molecule has 0 N–H and O–H groups in total. The van der Waals surface area contributed by atoms with Crippen molar-refractivity contribution in [2.24, 2.45) is 0 Å². The smallest absolute Gasteiger partial charge is 0.0994 e. The first-order valence-electron chi connectivity index (χ1n) is 4.84. The Morgan fingerprint density at radius 1 is 1.31 bits per heavy atom. The molecule has 0 aromatic heterocycles. The van der Waals surface area contributed by atoms with Gasteiger partial charge in [-0.1, -0.05) is 30.4 Å². The third kappa shape index (κ3) is 1.29. The lowest BCUT2D eigenvalue weighted by atomic mass is 9.85. The quantitative estimate of drug-likeness (QED) is 0.623. The van der Waals surface area contributed by atoms with Gasteiger partial charge in [0, 0.05) is 0 Å². The van der Waals surface area contributed by atoms with E-state index in [9.17, 15) is 0 Å². The summed E-state index contributed by atoms with van der Waals surface area (Å²) in [6.45, 7) is 0.908. The maximum Gasteiger partial charge on any atom is 0.0994 e. The fourth-order valence-electron chi connectivity index (χ4n) is 1.81. The lowest BCUT2D eigenvalue weighted by Crippen LogP contribution is -2.09. The van der Waals surface area contributed by atoms with Gasteiger partial charge in [0.2, 0.25) is 0 Å². The fourth-order valence-corrected chi connectivity index (χ4v) is 1.81. The minimum atomic E-state index is 0.399. The Kier molecular flexibility index (Phi) is 1.53. The van der Waals surface area contributed by atoms with E-state index in [1.54, 1.807) is 5.56 Å². The molecule has 0 spiro atoms. The first kappa shape index (κ1) is 7.34. The Bertz CT molecular complexity index is 361. The molecule has 66 valence electrons. The number of fused-ring (bicyclic) bond motifs is 1. The molecule has 1 nitrogen and oxygen atoms in total. The molecule has 1 aliphatic carbocycles. The van der Waals surface area contributed by atoms with Crippen LogP contribution in [0, 0.1) is 0 Å². The number of ether oxygens (including phenoxy) is 1. The Morgan fingerprint density at radius 2 is 2.23 bits per heavy atom. The number of hydrogen-bond donors (Lipinski definition) is 0. The molecule has 1 heterocycles. The van der Waals surface area contributed by atoms with Gasteiger partial charge in [-0.2, -0.15) is 0 Å².